The fourth-order valence-corrected chi connectivity index (χ4v) is 2.33. The van der Waals surface area contributed by atoms with Crippen LogP contribution in [-0.4, -0.2) is 40.0 Å². The third-order valence-electron chi connectivity index (χ3n) is 2.18. The SMILES string of the molecule is CCOC(=O)Cc1csc(=NC(=O)OC(C)(C)C)n1C(=O)O. The first-order chi connectivity index (χ1) is 10.1. The van der Waals surface area contributed by atoms with Crippen LogP contribution in [0.1, 0.15) is 33.4 Å². The highest BCUT2D eigenvalue weighted by Crippen LogP contribution is 2.09. The maximum absolute atomic E-state index is 11.7. The lowest BCUT2D eigenvalue weighted by molar-refractivity contribution is -0.142. The van der Waals surface area contributed by atoms with E-state index in [-0.39, 0.29) is 23.5 Å². The van der Waals surface area contributed by atoms with Gasteiger partial charge in [-0.3, -0.25) is 4.79 Å². The molecule has 0 saturated heterocycles. The lowest BCUT2D eigenvalue weighted by atomic mass is 10.2. The molecule has 0 fully saturated rings. The number of carbonyl (C=O) groups is 3. The lowest BCUT2D eigenvalue weighted by Crippen LogP contribution is -2.28. The van der Waals surface area contributed by atoms with Crippen LogP contribution in [0.3, 0.4) is 0 Å². The van der Waals surface area contributed by atoms with E-state index in [1.807, 2.05) is 0 Å². The average molecular weight is 330 g/mol. The number of aromatic nitrogens is 1. The second kappa shape index (κ2) is 7.21. The van der Waals surface area contributed by atoms with Gasteiger partial charge in [0.1, 0.15) is 5.60 Å². The van der Waals surface area contributed by atoms with E-state index in [0.29, 0.717) is 0 Å². The van der Waals surface area contributed by atoms with E-state index >= 15 is 0 Å². The molecule has 8 nitrogen and oxygen atoms in total. The summed E-state index contributed by atoms with van der Waals surface area (Å²) in [5.41, 5.74) is -0.558. The zero-order valence-corrected chi connectivity index (χ0v) is 13.6. The van der Waals surface area contributed by atoms with Crippen LogP contribution in [0.15, 0.2) is 10.4 Å². The van der Waals surface area contributed by atoms with Gasteiger partial charge in [-0.15, -0.1) is 16.3 Å². The minimum absolute atomic E-state index is 0.0824. The van der Waals surface area contributed by atoms with Gasteiger partial charge in [-0.1, -0.05) is 0 Å². The van der Waals surface area contributed by atoms with Crippen LogP contribution in [-0.2, 0) is 20.7 Å². The van der Waals surface area contributed by atoms with Gasteiger partial charge in [-0.05, 0) is 27.7 Å². The van der Waals surface area contributed by atoms with Crippen molar-refractivity contribution in [3.05, 3.63) is 15.9 Å². The summed E-state index contributed by atoms with van der Waals surface area (Å²) in [6.45, 7) is 6.87. The number of amides is 1. The first kappa shape index (κ1) is 17.9. The largest absolute Gasteiger partial charge is 0.466 e. The van der Waals surface area contributed by atoms with E-state index in [1.54, 1.807) is 27.7 Å². The molecule has 0 saturated carbocycles. The molecule has 0 aromatic carbocycles. The first-order valence-electron chi connectivity index (χ1n) is 6.50. The molecular weight excluding hydrogens is 312 g/mol. The molecule has 1 rings (SSSR count). The fraction of sp³-hybridized carbons (Fsp3) is 0.538. The monoisotopic (exact) mass is 330 g/mol. The molecule has 0 unspecified atom stereocenters. The van der Waals surface area contributed by atoms with E-state index in [1.165, 1.54) is 5.38 Å². The number of esters is 1. The molecule has 1 N–H and O–H groups in total. The molecule has 1 aromatic rings. The summed E-state index contributed by atoms with van der Waals surface area (Å²) in [6, 6.07) is 0. The Kier molecular flexibility index (Phi) is 5.86. The topological polar surface area (TPSA) is 107 Å². The summed E-state index contributed by atoms with van der Waals surface area (Å²) in [4.78, 5) is 38.0. The van der Waals surface area contributed by atoms with E-state index in [0.717, 1.165) is 15.9 Å². The molecule has 0 aliphatic carbocycles. The smallest absolute Gasteiger partial charge is 0.436 e. The summed E-state index contributed by atoms with van der Waals surface area (Å²) >= 11 is 0.926. The Bertz CT molecular complexity index is 638. The van der Waals surface area contributed by atoms with Crippen molar-refractivity contribution in [2.24, 2.45) is 4.99 Å². The second-order valence-corrected chi connectivity index (χ2v) is 6.04. The number of hydrogen-bond acceptors (Lipinski definition) is 6. The van der Waals surface area contributed by atoms with Crippen molar-refractivity contribution < 1.29 is 29.0 Å². The second-order valence-electron chi connectivity index (χ2n) is 5.20. The zero-order chi connectivity index (χ0) is 16.9. The van der Waals surface area contributed by atoms with E-state index in [9.17, 15) is 19.5 Å². The molecule has 0 aliphatic rings. The van der Waals surface area contributed by atoms with Crippen molar-refractivity contribution in [2.75, 3.05) is 6.61 Å². The molecule has 0 bridgehead atoms. The zero-order valence-electron chi connectivity index (χ0n) is 12.8. The highest BCUT2D eigenvalue weighted by atomic mass is 32.1. The van der Waals surface area contributed by atoms with Crippen LogP contribution in [0.4, 0.5) is 9.59 Å². The predicted octanol–water partition coefficient (Wildman–Crippen LogP) is 2.02. The standard InChI is InChI=1S/C13H18N2O6S/c1-5-20-9(16)6-8-7-22-10(15(8)12(18)19)14-11(17)21-13(2,3)4/h7H,5-6H2,1-4H3,(H,18,19). The van der Waals surface area contributed by atoms with Gasteiger partial charge in [0.15, 0.2) is 0 Å². The van der Waals surface area contributed by atoms with Gasteiger partial charge in [-0.25, -0.2) is 14.2 Å². The Labute approximate surface area is 131 Å². The number of nitrogens with zero attached hydrogens (tertiary/aromatic N) is 2. The number of hydrogen-bond donors (Lipinski definition) is 1. The molecule has 0 radical (unpaired) electrons. The lowest BCUT2D eigenvalue weighted by Gasteiger charge is -2.16. The quantitative estimate of drug-likeness (QED) is 0.850. The molecule has 1 aromatic heterocycles. The molecule has 0 spiro atoms. The normalized spacial score (nSPS) is 12.1. The highest BCUT2D eigenvalue weighted by Gasteiger charge is 2.19. The first-order valence-corrected chi connectivity index (χ1v) is 7.38. The number of thiazole rings is 1. The number of rotatable bonds is 3. The van der Waals surface area contributed by atoms with Crippen molar-refractivity contribution in [2.45, 2.75) is 39.7 Å². The van der Waals surface area contributed by atoms with E-state index in [4.69, 9.17) is 9.47 Å². The van der Waals surface area contributed by atoms with Crippen molar-refractivity contribution in [1.29, 1.82) is 0 Å². The molecule has 1 amide bonds. The van der Waals surface area contributed by atoms with Crippen molar-refractivity contribution >= 4 is 29.5 Å². The van der Waals surface area contributed by atoms with Gasteiger partial charge in [-0.2, -0.15) is 0 Å². The minimum Gasteiger partial charge on any atom is -0.466 e. The summed E-state index contributed by atoms with van der Waals surface area (Å²) < 4.78 is 10.6. The van der Waals surface area contributed by atoms with Gasteiger partial charge in [0, 0.05) is 5.38 Å². The van der Waals surface area contributed by atoms with Crippen molar-refractivity contribution in [3.63, 3.8) is 0 Å². The summed E-state index contributed by atoms with van der Waals surface area (Å²) in [7, 11) is 0. The van der Waals surface area contributed by atoms with Crippen LogP contribution < -0.4 is 4.80 Å². The Morgan fingerprint density at radius 3 is 2.50 bits per heavy atom. The minimum atomic E-state index is -1.34. The van der Waals surface area contributed by atoms with Crippen LogP contribution in [0.25, 0.3) is 0 Å². The Hall–Kier alpha value is -2.16. The highest BCUT2D eigenvalue weighted by molar-refractivity contribution is 7.07. The fourth-order valence-electron chi connectivity index (χ4n) is 1.47. The van der Waals surface area contributed by atoms with Crippen LogP contribution in [0, 0.1) is 0 Å². The number of carboxylic acid groups (broad SMARTS) is 1. The summed E-state index contributed by atoms with van der Waals surface area (Å²) in [5.74, 6) is -0.556. The van der Waals surface area contributed by atoms with Gasteiger partial charge < -0.3 is 14.6 Å². The van der Waals surface area contributed by atoms with Gasteiger partial charge >= 0.3 is 18.2 Å². The molecule has 1 heterocycles. The Morgan fingerprint density at radius 1 is 1.36 bits per heavy atom. The van der Waals surface area contributed by atoms with Gasteiger partial charge in [0.25, 0.3) is 0 Å². The van der Waals surface area contributed by atoms with Crippen LogP contribution in [0.2, 0.25) is 0 Å². The van der Waals surface area contributed by atoms with Gasteiger partial charge in [0.2, 0.25) is 4.80 Å². The molecular formula is C13H18N2O6S. The number of carbonyl (C=O) groups excluding carboxylic acids is 2. The number of ether oxygens (including phenoxy) is 2. The van der Waals surface area contributed by atoms with Crippen LogP contribution in [0.5, 0.6) is 0 Å². The molecule has 0 aliphatic heterocycles. The van der Waals surface area contributed by atoms with E-state index in [2.05, 4.69) is 4.99 Å². The third-order valence-corrected chi connectivity index (χ3v) is 3.06. The van der Waals surface area contributed by atoms with Crippen molar-refractivity contribution in [1.82, 2.24) is 4.57 Å². The average Bonchev–Trinajstić information content (AvgIpc) is 2.69. The third kappa shape index (κ3) is 5.32. The summed E-state index contributed by atoms with van der Waals surface area (Å²) in [5, 5.41) is 10.7. The molecule has 0 atom stereocenters. The summed E-state index contributed by atoms with van der Waals surface area (Å²) in [6.07, 6.45) is -2.46. The Balaban J connectivity index is 3.12. The molecule has 9 heteroatoms. The molecule has 122 valence electrons. The van der Waals surface area contributed by atoms with Gasteiger partial charge in [0.05, 0.1) is 18.7 Å². The predicted molar refractivity (Wildman–Crippen MR) is 77.9 cm³/mol. The molecule has 22 heavy (non-hydrogen) atoms. The maximum Gasteiger partial charge on any atom is 0.436 e. The van der Waals surface area contributed by atoms with Crippen LogP contribution >= 0.6 is 11.3 Å². The maximum atomic E-state index is 11.7. The van der Waals surface area contributed by atoms with E-state index < -0.39 is 23.8 Å². The van der Waals surface area contributed by atoms with Crippen molar-refractivity contribution in [3.8, 4) is 0 Å². The Morgan fingerprint density at radius 2 is 2.00 bits per heavy atom.